The minimum absolute atomic E-state index is 0.148. The normalized spacial score (nSPS) is 12.9. The lowest BCUT2D eigenvalue weighted by atomic mass is 10.3. The number of thiophene rings is 1. The molecule has 0 saturated heterocycles. The maximum Gasteiger partial charge on any atom is 0.284 e. The molecule has 0 radical (unpaired) electrons. The minimum atomic E-state index is -0.577. The van der Waals surface area contributed by atoms with Crippen LogP contribution in [0.5, 0.6) is 0 Å². The van der Waals surface area contributed by atoms with Crippen LogP contribution >= 0.6 is 11.3 Å². The van der Waals surface area contributed by atoms with Crippen molar-refractivity contribution in [2.45, 2.75) is 26.4 Å². The van der Waals surface area contributed by atoms with E-state index >= 15 is 0 Å². The smallest absolute Gasteiger partial charge is 0.284 e. The van der Waals surface area contributed by atoms with E-state index in [1.165, 1.54) is 4.88 Å². The molecule has 118 valence electrons. The van der Waals surface area contributed by atoms with Gasteiger partial charge in [0.15, 0.2) is 11.7 Å². The van der Waals surface area contributed by atoms with Gasteiger partial charge >= 0.3 is 0 Å². The number of nitrogens with one attached hydrogen (secondary N) is 2. The maximum absolute atomic E-state index is 11.0. The Labute approximate surface area is 133 Å². The van der Waals surface area contributed by atoms with Gasteiger partial charge in [0, 0.05) is 11.4 Å². The minimum Gasteiger partial charge on any atom is -0.454 e. The summed E-state index contributed by atoms with van der Waals surface area (Å²) in [5.41, 5.74) is 5.16. The molecule has 0 aliphatic carbocycles. The Bertz CT molecular complexity index is 634. The van der Waals surface area contributed by atoms with E-state index in [0.29, 0.717) is 18.3 Å². The standard InChI is InChI=1S/C15H20N4O2S/c1-3-17-15(19-10(2)13-5-4-8-22-13)18-9-11-6-7-12(21-11)14(16)20/h4-8,10H,3,9H2,1-2H3,(H2,16,20)(H2,17,18,19). The van der Waals surface area contributed by atoms with Gasteiger partial charge in [-0.2, -0.15) is 0 Å². The molecule has 0 spiro atoms. The third-order valence-corrected chi connectivity index (χ3v) is 4.02. The van der Waals surface area contributed by atoms with Gasteiger partial charge in [-0.15, -0.1) is 11.3 Å². The second kappa shape index (κ2) is 7.65. The van der Waals surface area contributed by atoms with E-state index in [-0.39, 0.29) is 11.8 Å². The van der Waals surface area contributed by atoms with Crippen LogP contribution in [-0.2, 0) is 6.54 Å². The van der Waals surface area contributed by atoms with Crippen LogP contribution in [0.15, 0.2) is 39.1 Å². The molecule has 0 aliphatic rings. The van der Waals surface area contributed by atoms with Crippen molar-refractivity contribution in [1.82, 2.24) is 10.6 Å². The van der Waals surface area contributed by atoms with Crippen molar-refractivity contribution in [2.24, 2.45) is 10.7 Å². The fourth-order valence-electron chi connectivity index (χ4n) is 1.89. The second-order valence-corrected chi connectivity index (χ2v) is 5.69. The zero-order chi connectivity index (χ0) is 15.9. The van der Waals surface area contributed by atoms with E-state index in [1.54, 1.807) is 23.5 Å². The van der Waals surface area contributed by atoms with Gasteiger partial charge in [-0.25, -0.2) is 4.99 Å². The Morgan fingerprint density at radius 3 is 2.86 bits per heavy atom. The number of carbonyl (C=O) groups is 1. The molecule has 7 heteroatoms. The average molecular weight is 320 g/mol. The Morgan fingerprint density at radius 1 is 1.45 bits per heavy atom. The molecular weight excluding hydrogens is 300 g/mol. The van der Waals surface area contributed by atoms with Gasteiger partial charge in [-0.3, -0.25) is 4.79 Å². The summed E-state index contributed by atoms with van der Waals surface area (Å²) >= 11 is 1.70. The van der Waals surface area contributed by atoms with E-state index in [1.807, 2.05) is 18.4 Å². The summed E-state index contributed by atoms with van der Waals surface area (Å²) in [4.78, 5) is 16.7. The van der Waals surface area contributed by atoms with Crippen molar-refractivity contribution in [3.63, 3.8) is 0 Å². The number of guanidine groups is 1. The second-order valence-electron chi connectivity index (χ2n) is 4.71. The molecule has 22 heavy (non-hydrogen) atoms. The lowest BCUT2D eigenvalue weighted by Crippen LogP contribution is -2.38. The van der Waals surface area contributed by atoms with Crippen molar-refractivity contribution in [2.75, 3.05) is 6.54 Å². The Balaban J connectivity index is 2.01. The molecule has 2 rings (SSSR count). The van der Waals surface area contributed by atoms with Gasteiger partial charge in [0.1, 0.15) is 12.3 Å². The summed E-state index contributed by atoms with van der Waals surface area (Å²) in [7, 11) is 0. The van der Waals surface area contributed by atoms with Crippen molar-refractivity contribution in [3.8, 4) is 0 Å². The molecule has 2 heterocycles. The number of aliphatic imine (C=N–C) groups is 1. The molecule has 0 fully saturated rings. The van der Waals surface area contributed by atoms with E-state index < -0.39 is 5.91 Å². The number of primary amides is 1. The lowest BCUT2D eigenvalue weighted by Gasteiger charge is -2.16. The summed E-state index contributed by atoms with van der Waals surface area (Å²) < 4.78 is 5.32. The van der Waals surface area contributed by atoms with Crippen molar-refractivity contribution in [1.29, 1.82) is 0 Å². The Kier molecular flexibility index (Phi) is 5.60. The van der Waals surface area contributed by atoms with E-state index in [4.69, 9.17) is 10.2 Å². The molecule has 1 atom stereocenters. The highest BCUT2D eigenvalue weighted by Crippen LogP contribution is 2.18. The summed E-state index contributed by atoms with van der Waals surface area (Å²) in [6.07, 6.45) is 0. The maximum atomic E-state index is 11.0. The summed E-state index contributed by atoms with van der Waals surface area (Å²) in [6.45, 7) is 5.18. The van der Waals surface area contributed by atoms with Gasteiger partial charge in [-0.1, -0.05) is 6.07 Å². The quantitative estimate of drug-likeness (QED) is 0.562. The number of nitrogens with zero attached hydrogens (tertiary/aromatic N) is 1. The average Bonchev–Trinajstić information content (AvgIpc) is 3.16. The summed E-state index contributed by atoms with van der Waals surface area (Å²) in [5.74, 6) is 0.858. The Morgan fingerprint density at radius 2 is 2.27 bits per heavy atom. The molecule has 0 aliphatic heterocycles. The first-order valence-electron chi connectivity index (χ1n) is 7.07. The molecule has 1 amide bonds. The van der Waals surface area contributed by atoms with Crippen LogP contribution in [0, 0.1) is 0 Å². The number of furan rings is 1. The monoisotopic (exact) mass is 320 g/mol. The molecule has 0 bridgehead atoms. The van der Waals surface area contributed by atoms with Crippen molar-refractivity contribution < 1.29 is 9.21 Å². The first-order valence-corrected chi connectivity index (χ1v) is 7.95. The van der Waals surface area contributed by atoms with Crippen LogP contribution in [-0.4, -0.2) is 18.4 Å². The number of hydrogen-bond acceptors (Lipinski definition) is 4. The highest BCUT2D eigenvalue weighted by molar-refractivity contribution is 7.10. The van der Waals surface area contributed by atoms with E-state index in [2.05, 4.69) is 28.6 Å². The van der Waals surface area contributed by atoms with Gasteiger partial charge in [0.05, 0.1) is 6.04 Å². The third kappa shape index (κ3) is 4.36. The molecule has 1 unspecified atom stereocenters. The van der Waals surface area contributed by atoms with Crippen LogP contribution in [0.2, 0.25) is 0 Å². The van der Waals surface area contributed by atoms with Crippen molar-refractivity contribution >= 4 is 23.2 Å². The van der Waals surface area contributed by atoms with Crippen LogP contribution in [0.4, 0.5) is 0 Å². The van der Waals surface area contributed by atoms with Crippen LogP contribution < -0.4 is 16.4 Å². The predicted molar refractivity (Wildman–Crippen MR) is 87.9 cm³/mol. The summed E-state index contributed by atoms with van der Waals surface area (Å²) in [6, 6.07) is 7.53. The topological polar surface area (TPSA) is 92.6 Å². The highest BCUT2D eigenvalue weighted by Gasteiger charge is 2.10. The largest absolute Gasteiger partial charge is 0.454 e. The number of amides is 1. The van der Waals surface area contributed by atoms with Gasteiger partial charge < -0.3 is 20.8 Å². The molecule has 0 aromatic carbocycles. The third-order valence-electron chi connectivity index (χ3n) is 2.96. The molecule has 6 nitrogen and oxygen atoms in total. The molecule has 4 N–H and O–H groups in total. The molecular formula is C15H20N4O2S. The molecule has 2 aromatic heterocycles. The number of rotatable bonds is 6. The van der Waals surface area contributed by atoms with Crippen LogP contribution in [0.1, 0.15) is 41.1 Å². The SMILES string of the molecule is CCNC(=NCc1ccc(C(N)=O)o1)NC(C)c1cccs1. The van der Waals surface area contributed by atoms with Crippen LogP contribution in [0.25, 0.3) is 0 Å². The van der Waals surface area contributed by atoms with E-state index in [9.17, 15) is 4.79 Å². The first kappa shape index (κ1) is 16.1. The van der Waals surface area contributed by atoms with Gasteiger partial charge in [0.2, 0.25) is 0 Å². The summed E-state index contributed by atoms with van der Waals surface area (Å²) in [5, 5.41) is 8.57. The zero-order valence-electron chi connectivity index (χ0n) is 12.6. The van der Waals surface area contributed by atoms with Gasteiger partial charge in [0.25, 0.3) is 5.91 Å². The zero-order valence-corrected chi connectivity index (χ0v) is 13.4. The lowest BCUT2D eigenvalue weighted by molar-refractivity contribution is 0.0972. The number of nitrogens with two attached hydrogens (primary N) is 1. The Hall–Kier alpha value is -2.28. The fourth-order valence-corrected chi connectivity index (χ4v) is 2.62. The molecule has 2 aromatic rings. The van der Waals surface area contributed by atoms with Crippen molar-refractivity contribution in [3.05, 3.63) is 46.0 Å². The van der Waals surface area contributed by atoms with Crippen LogP contribution in [0.3, 0.4) is 0 Å². The highest BCUT2D eigenvalue weighted by atomic mass is 32.1. The molecule has 0 saturated carbocycles. The number of hydrogen-bond donors (Lipinski definition) is 3. The first-order chi connectivity index (χ1) is 10.6. The van der Waals surface area contributed by atoms with Gasteiger partial charge in [-0.05, 0) is 37.4 Å². The predicted octanol–water partition coefficient (Wildman–Crippen LogP) is 2.26. The van der Waals surface area contributed by atoms with E-state index in [0.717, 1.165) is 6.54 Å². The fraction of sp³-hybridized carbons (Fsp3) is 0.333. The number of carbonyl (C=O) groups excluding carboxylic acids is 1.